The Morgan fingerprint density at radius 1 is 1.07 bits per heavy atom. The van der Waals surface area contributed by atoms with Crippen molar-refractivity contribution in [1.29, 1.82) is 0 Å². The molecule has 28 heavy (non-hydrogen) atoms. The van der Waals surface area contributed by atoms with Gasteiger partial charge in [0.2, 0.25) is 5.91 Å². The van der Waals surface area contributed by atoms with Gasteiger partial charge in [-0.3, -0.25) is 9.59 Å². The lowest BCUT2D eigenvalue weighted by molar-refractivity contribution is -0.126. The first-order chi connectivity index (χ1) is 13.5. The van der Waals surface area contributed by atoms with Crippen molar-refractivity contribution in [2.75, 3.05) is 0 Å². The maximum atomic E-state index is 14.5. The summed E-state index contributed by atoms with van der Waals surface area (Å²) in [5.74, 6) is -1.62. The van der Waals surface area contributed by atoms with Gasteiger partial charge in [-0.25, -0.2) is 8.78 Å². The van der Waals surface area contributed by atoms with Gasteiger partial charge in [-0.05, 0) is 35.9 Å². The van der Waals surface area contributed by atoms with Crippen LogP contribution in [0.15, 0.2) is 53.5 Å². The molecule has 0 unspecified atom stereocenters. The van der Waals surface area contributed by atoms with Crippen LogP contribution < -0.4 is 10.9 Å². The Morgan fingerprint density at radius 3 is 2.50 bits per heavy atom. The molecule has 4 nitrogen and oxygen atoms in total. The summed E-state index contributed by atoms with van der Waals surface area (Å²) in [6, 6.07) is 10.6. The van der Waals surface area contributed by atoms with E-state index in [1.54, 1.807) is 18.3 Å². The van der Waals surface area contributed by atoms with E-state index in [1.165, 1.54) is 12.1 Å². The first kappa shape index (κ1) is 18.3. The van der Waals surface area contributed by atoms with Gasteiger partial charge >= 0.3 is 0 Å². The lowest BCUT2D eigenvalue weighted by Crippen LogP contribution is -2.43. The van der Waals surface area contributed by atoms with Crippen LogP contribution in [0, 0.1) is 11.6 Å². The van der Waals surface area contributed by atoms with E-state index in [0.717, 1.165) is 29.9 Å². The molecular formula is C22H20F2N2O2. The van der Waals surface area contributed by atoms with E-state index in [2.05, 4.69) is 10.3 Å². The molecule has 1 fully saturated rings. The third kappa shape index (κ3) is 3.09. The number of benzene rings is 2. The highest BCUT2D eigenvalue weighted by atomic mass is 19.1. The second-order valence-corrected chi connectivity index (χ2v) is 7.28. The van der Waals surface area contributed by atoms with Gasteiger partial charge in [-0.15, -0.1) is 0 Å². The fourth-order valence-corrected chi connectivity index (χ4v) is 4.24. The molecule has 0 saturated heterocycles. The summed E-state index contributed by atoms with van der Waals surface area (Å²) < 4.78 is 27.8. The zero-order chi connectivity index (χ0) is 19.7. The number of H-pyrrole nitrogens is 1. The predicted octanol–water partition coefficient (Wildman–Crippen LogP) is 3.93. The van der Waals surface area contributed by atoms with Gasteiger partial charge in [0.25, 0.3) is 5.56 Å². The first-order valence-electron chi connectivity index (χ1n) is 9.34. The number of carbonyl (C=O) groups is 1. The standard InChI is InChI=1S/C22H20F2N2O2/c23-15-7-8-18(19(24)11-15)22(9-3-4-10-22)21(28)26-13-14-12-25-20(27)17-6-2-1-5-16(14)17/h1-2,5-8,11-12H,3-4,9-10,13H2,(H,25,27)(H,26,28). The molecular weight excluding hydrogens is 362 g/mol. The summed E-state index contributed by atoms with van der Waals surface area (Å²) in [6.45, 7) is 0.209. The van der Waals surface area contributed by atoms with Gasteiger partial charge in [-0.2, -0.15) is 0 Å². The van der Waals surface area contributed by atoms with Gasteiger partial charge < -0.3 is 10.3 Å². The van der Waals surface area contributed by atoms with Crippen molar-refractivity contribution < 1.29 is 13.6 Å². The number of hydrogen-bond donors (Lipinski definition) is 2. The molecule has 0 radical (unpaired) electrons. The third-order valence-electron chi connectivity index (χ3n) is 5.67. The highest BCUT2D eigenvalue weighted by molar-refractivity contribution is 5.89. The highest BCUT2D eigenvalue weighted by Crippen LogP contribution is 2.42. The van der Waals surface area contributed by atoms with Crippen LogP contribution in [0.25, 0.3) is 10.8 Å². The zero-order valence-corrected chi connectivity index (χ0v) is 15.2. The smallest absolute Gasteiger partial charge is 0.255 e. The maximum Gasteiger partial charge on any atom is 0.255 e. The molecule has 0 spiro atoms. The minimum absolute atomic E-state index is 0.189. The molecule has 1 aliphatic carbocycles. The van der Waals surface area contributed by atoms with Crippen LogP contribution in [0.4, 0.5) is 8.78 Å². The van der Waals surface area contributed by atoms with E-state index in [4.69, 9.17) is 0 Å². The van der Waals surface area contributed by atoms with E-state index < -0.39 is 17.0 Å². The van der Waals surface area contributed by atoms with Crippen molar-refractivity contribution in [1.82, 2.24) is 10.3 Å². The molecule has 2 N–H and O–H groups in total. The van der Waals surface area contributed by atoms with E-state index in [0.29, 0.717) is 18.2 Å². The number of hydrogen-bond acceptors (Lipinski definition) is 2. The first-order valence-corrected chi connectivity index (χ1v) is 9.34. The van der Waals surface area contributed by atoms with Crippen LogP contribution in [0.1, 0.15) is 36.8 Å². The molecule has 0 atom stereocenters. The van der Waals surface area contributed by atoms with Crippen molar-refractivity contribution in [2.45, 2.75) is 37.6 Å². The van der Waals surface area contributed by atoms with Crippen molar-refractivity contribution >= 4 is 16.7 Å². The second kappa shape index (κ2) is 7.19. The summed E-state index contributed by atoms with van der Waals surface area (Å²) in [5.41, 5.74) is -0.159. The number of amides is 1. The molecule has 2 aromatic carbocycles. The fourth-order valence-electron chi connectivity index (χ4n) is 4.24. The average Bonchev–Trinajstić information content (AvgIpc) is 3.18. The summed E-state index contributed by atoms with van der Waals surface area (Å²) in [7, 11) is 0. The molecule has 1 aromatic heterocycles. The predicted molar refractivity (Wildman–Crippen MR) is 103 cm³/mol. The normalized spacial score (nSPS) is 15.6. The van der Waals surface area contributed by atoms with E-state index in [-0.39, 0.29) is 23.6 Å². The fraction of sp³-hybridized carbons (Fsp3) is 0.273. The zero-order valence-electron chi connectivity index (χ0n) is 15.2. The van der Waals surface area contributed by atoms with Crippen molar-refractivity contribution in [3.63, 3.8) is 0 Å². The Bertz CT molecular complexity index is 1100. The molecule has 1 saturated carbocycles. The third-order valence-corrected chi connectivity index (χ3v) is 5.67. The highest BCUT2D eigenvalue weighted by Gasteiger charge is 2.44. The Balaban J connectivity index is 1.64. The number of halogens is 2. The lowest BCUT2D eigenvalue weighted by Gasteiger charge is -2.29. The van der Waals surface area contributed by atoms with E-state index in [9.17, 15) is 18.4 Å². The van der Waals surface area contributed by atoms with Crippen LogP contribution in [-0.4, -0.2) is 10.9 Å². The Kier molecular flexibility index (Phi) is 4.71. The quantitative estimate of drug-likeness (QED) is 0.718. The van der Waals surface area contributed by atoms with Gasteiger partial charge in [0, 0.05) is 29.8 Å². The molecule has 1 amide bonds. The topological polar surface area (TPSA) is 62.0 Å². The van der Waals surface area contributed by atoms with Gasteiger partial charge in [0.05, 0.1) is 5.41 Å². The summed E-state index contributed by atoms with van der Waals surface area (Å²) >= 11 is 0. The van der Waals surface area contributed by atoms with Crippen molar-refractivity contribution in [3.8, 4) is 0 Å². The molecule has 4 rings (SSSR count). The Morgan fingerprint density at radius 2 is 1.79 bits per heavy atom. The minimum atomic E-state index is -0.990. The van der Waals surface area contributed by atoms with Crippen LogP contribution in [0.2, 0.25) is 0 Å². The number of pyridine rings is 1. The summed E-state index contributed by atoms with van der Waals surface area (Å²) in [6.07, 6.45) is 4.25. The molecule has 1 heterocycles. The van der Waals surface area contributed by atoms with Crippen molar-refractivity contribution in [2.24, 2.45) is 0 Å². The van der Waals surface area contributed by atoms with Crippen LogP contribution in [-0.2, 0) is 16.8 Å². The molecule has 0 bridgehead atoms. The van der Waals surface area contributed by atoms with Crippen LogP contribution >= 0.6 is 0 Å². The summed E-state index contributed by atoms with van der Waals surface area (Å²) in [5, 5.41) is 4.23. The number of nitrogens with one attached hydrogen (secondary N) is 2. The van der Waals surface area contributed by atoms with Gasteiger partial charge in [-0.1, -0.05) is 37.1 Å². The monoisotopic (exact) mass is 382 g/mol. The molecule has 1 aliphatic rings. The van der Waals surface area contributed by atoms with E-state index >= 15 is 0 Å². The summed E-state index contributed by atoms with van der Waals surface area (Å²) in [4.78, 5) is 27.8. The molecule has 0 aliphatic heterocycles. The van der Waals surface area contributed by atoms with E-state index in [1.807, 2.05) is 12.1 Å². The molecule has 6 heteroatoms. The van der Waals surface area contributed by atoms with Crippen molar-refractivity contribution in [3.05, 3.63) is 81.8 Å². The molecule has 3 aromatic rings. The Hall–Kier alpha value is -3.02. The average molecular weight is 382 g/mol. The number of fused-ring (bicyclic) bond motifs is 1. The molecule has 144 valence electrons. The van der Waals surface area contributed by atoms with Gasteiger partial charge in [0.15, 0.2) is 0 Å². The largest absolute Gasteiger partial charge is 0.351 e. The van der Waals surface area contributed by atoms with Crippen LogP contribution in [0.5, 0.6) is 0 Å². The SMILES string of the molecule is O=C(NCc1c[nH]c(=O)c2ccccc12)C1(c2ccc(F)cc2F)CCCC1. The number of aromatic amines is 1. The maximum absolute atomic E-state index is 14.5. The minimum Gasteiger partial charge on any atom is -0.351 e. The lowest BCUT2D eigenvalue weighted by atomic mass is 9.77. The number of aromatic nitrogens is 1. The van der Waals surface area contributed by atoms with Gasteiger partial charge in [0.1, 0.15) is 11.6 Å². The number of rotatable bonds is 4. The number of carbonyl (C=O) groups excluding carboxylic acids is 1. The Labute approximate surface area is 160 Å². The second-order valence-electron chi connectivity index (χ2n) is 7.28. The van der Waals surface area contributed by atoms with Crippen LogP contribution in [0.3, 0.4) is 0 Å².